The largest absolute Gasteiger partial charge is 0.331 e. The van der Waals surface area contributed by atoms with Crippen molar-refractivity contribution < 1.29 is 9.18 Å². The molecule has 0 aromatic heterocycles. The number of halogens is 1. The predicted molar refractivity (Wildman–Crippen MR) is 115 cm³/mol. The summed E-state index contributed by atoms with van der Waals surface area (Å²) in [5, 5.41) is 2.97. The number of nitrogens with one attached hydrogen (secondary N) is 1. The maximum Gasteiger partial charge on any atom is 0.321 e. The molecule has 0 radical (unpaired) electrons. The summed E-state index contributed by atoms with van der Waals surface area (Å²) in [6, 6.07) is 13.3. The maximum absolute atomic E-state index is 13.2. The van der Waals surface area contributed by atoms with Crippen molar-refractivity contribution in [3.8, 4) is 0 Å². The van der Waals surface area contributed by atoms with Crippen LogP contribution in [-0.2, 0) is 6.42 Å². The summed E-state index contributed by atoms with van der Waals surface area (Å²) in [5.41, 5.74) is 4.95. The Morgan fingerprint density at radius 2 is 1.83 bits per heavy atom. The summed E-state index contributed by atoms with van der Waals surface area (Å²) in [6.07, 6.45) is 4.56. The molecule has 1 aliphatic carbocycles. The zero-order valence-corrected chi connectivity index (χ0v) is 17.3. The van der Waals surface area contributed by atoms with Gasteiger partial charge in [-0.15, -0.1) is 0 Å². The van der Waals surface area contributed by atoms with E-state index in [4.69, 9.17) is 0 Å². The van der Waals surface area contributed by atoms with E-state index in [9.17, 15) is 9.18 Å². The second-order valence-electron chi connectivity index (χ2n) is 8.60. The molecule has 2 aromatic carbocycles. The Bertz CT molecular complexity index is 857. The smallest absolute Gasteiger partial charge is 0.321 e. The number of benzene rings is 2. The van der Waals surface area contributed by atoms with Crippen molar-refractivity contribution in [2.24, 2.45) is 0 Å². The van der Waals surface area contributed by atoms with Crippen LogP contribution in [0.2, 0.25) is 0 Å². The molecule has 29 heavy (non-hydrogen) atoms. The minimum absolute atomic E-state index is 0.0950. The Hall–Kier alpha value is -2.40. The van der Waals surface area contributed by atoms with Crippen LogP contribution >= 0.6 is 0 Å². The van der Waals surface area contributed by atoms with Gasteiger partial charge in [0.15, 0.2) is 0 Å². The fourth-order valence-electron chi connectivity index (χ4n) is 4.69. The van der Waals surface area contributed by atoms with Crippen LogP contribution < -0.4 is 5.32 Å². The predicted octanol–water partition coefficient (Wildman–Crippen LogP) is 4.83. The SMILES string of the molecule is CN(C)C(=O)Nc1ccc2c(c1)C(CN1CCC(c3ccc(F)cc3)CC1)CC2. The molecule has 2 aliphatic rings. The number of carbonyl (C=O) groups is 1. The van der Waals surface area contributed by atoms with E-state index in [-0.39, 0.29) is 11.8 Å². The van der Waals surface area contributed by atoms with E-state index in [0.29, 0.717) is 11.8 Å². The molecule has 154 valence electrons. The summed E-state index contributed by atoms with van der Waals surface area (Å²) in [5.74, 6) is 0.909. The molecule has 1 fully saturated rings. The highest BCUT2D eigenvalue weighted by molar-refractivity contribution is 5.89. The lowest BCUT2D eigenvalue weighted by molar-refractivity contribution is 0.200. The molecular weight excluding hydrogens is 365 g/mol. The Balaban J connectivity index is 1.36. The van der Waals surface area contributed by atoms with Gasteiger partial charge < -0.3 is 15.1 Å². The molecule has 0 saturated carbocycles. The van der Waals surface area contributed by atoms with Gasteiger partial charge in [-0.3, -0.25) is 0 Å². The van der Waals surface area contributed by atoms with E-state index in [0.717, 1.165) is 44.6 Å². The number of piperidine rings is 1. The number of fused-ring (bicyclic) bond motifs is 1. The molecule has 4 nitrogen and oxygen atoms in total. The Morgan fingerprint density at radius 3 is 2.52 bits per heavy atom. The minimum atomic E-state index is -0.160. The van der Waals surface area contributed by atoms with E-state index >= 15 is 0 Å². The molecule has 5 heteroatoms. The van der Waals surface area contributed by atoms with Gasteiger partial charge >= 0.3 is 6.03 Å². The van der Waals surface area contributed by atoms with Gasteiger partial charge in [-0.25, -0.2) is 9.18 Å². The van der Waals surface area contributed by atoms with Gasteiger partial charge in [-0.1, -0.05) is 18.2 Å². The lowest BCUT2D eigenvalue weighted by Crippen LogP contribution is -2.35. The third kappa shape index (κ3) is 4.61. The quantitative estimate of drug-likeness (QED) is 0.805. The maximum atomic E-state index is 13.2. The number of rotatable bonds is 4. The van der Waals surface area contributed by atoms with Crippen molar-refractivity contribution in [2.75, 3.05) is 39.0 Å². The molecule has 1 heterocycles. The van der Waals surface area contributed by atoms with Gasteiger partial charge in [0, 0.05) is 26.3 Å². The highest BCUT2D eigenvalue weighted by Crippen LogP contribution is 2.37. The average molecular weight is 396 g/mol. The van der Waals surface area contributed by atoms with Crippen molar-refractivity contribution in [3.63, 3.8) is 0 Å². The normalized spacial score (nSPS) is 19.8. The molecular formula is C24H30FN3O. The van der Waals surface area contributed by atoms with Gasteiger partial charge in [-0.05, 0) is 91.6 Å². The number of hydrogen-bond donors (Lipinski definition) is 1. The first-order valence-electron chi connectivity index (χ1n) is 10.6. The van der Waals surface area contributed by atoms with Crippen molar-refractivity contribution >= 4 is 11.7 Å². The first kappa shape index (κ1) is 19.9. The van der Waals surface area contributed by atoms with E-state index in [2.05, 4.69) is 22.3 Å². The van der Waals surface area contributed by atoms with Crippen LogP contribution in [0.1, 0.15) is 47.8 Å². The third-order valence-electron chi connectivity index (χ3n) is 6.41. The molecule has 1 N–H and O–H groups in total. The van der Waals surface area contributed by atoms with E-state index < -0.39 is 0 Å². The Labute approximate surface area is 172 Å². The number of anilines is 1. The molecule has 0 bridgehead atoms. The van der Waals surface area contributed by atoms with Gasteiger partial charge in [0.25, 0.3) is 0 Å². The molecule has 1 unspecified atom stereocenters. The number of aryl methyl sites for hydroxylation is 1. The van der Waals surface area contributed by atoms with E-state index in [1.165, 1.54) is 23.1 Å². The zero-order chi connectivity index (χ0) is 20.4. The van der Waals surface area contributed by atoms with Crippen LogP contribution in [0.15, 0.2) is 42.5 Å². The van der Waals surface area contributed by atoms with Crippen LogP contribution in [0, 0.1) is 5.82 Å². The van der Waals surface area contributed by atoms with Crippen LogP contribution in [-0.4, -0.2) is 49.6 Å². The van der Waals surface area contributed by atoms with Crippen LogP contribution in [0.4, 0.5) is 14.9 Å². The fraction of sp³-hybridized carbons (Fsp3) is 0.458. The lowest BCUT2D eigenvalue weighted by Gasteiger charge is -2.34. The van der Waals surface area contributed by atoms with Crippen LogP contribution in [0.3, 0.4) is 0 Å². The molecule has 0 spiro atoms. The molecule has 1 aliphatic heterocycles. The zero-order valence-electron chi connectivity index (χ0n) is 17.3. The van der Waals surface area contributed by atoms with Gasteiger partial charge in [0.2, 0.25) is 0 Å². The standard InChI is InChI=1S/C24H30FN3O/c1-27(2)24(29)26-22-10-7-19-3-4-20(23(19)15-22)16-28-13-11-18(12-14-28)17-5-8-21(25)9-6-17/h5-10,15,18,20H,3-4,11-14,16H2,1-2H3,(H,26,29). The number of carbonyl (C=O) groups excluding carboxylic acids is 1. The molecule has 1 atom stereocenters. The lowest BCUT2D eigenvalue weighted by atomic mass is 9.89. The van der Waals surface area contributed by atoms with Crippen molar-refractivity contribution in [1.29, 1.82) is 0 Å². The topological polar surface area (TPSA) is 35.6 Å². The summed E-state index contributed by atoms with van der Waals surface area (Å²) >= 11 is 0. The van der Waals surface area contributed by atoms with Crippen molar-refractivity contribution in [1.82, 2.24) is 9.80 Å². The van der Waals surface area contributed by atoms with Gasteiger partial charge in [0.05, 0.1) is 0 Å². The monoisotopic (exact) mass is 395 g/mol. The number of urea groups is 1. The van der Waals surface area contributed by atoms with E-state index in [1.807, 2.05) is 18.2 Å². The Kier molecular flexibility index (Phi) is 5.86. The highest BCUT2D eigenvalue weighted by Gasteiger charge is 2.27. The Morgan fingerprint density at radius 1 is 1.10 bits per heavy atom. The molecule has 2 aromatic rings. The number of amides is 2. The fourth-order valence-corrected chi connectivity index (χ4v) is 4.69. The van der Waals surface area contributed by atoms with Crippen molar-refractivity contribution in [2.45, 2.75) is 37.5 Å². The number of nitrogens with zero attached hydrogens (tertiary/aromatic N) is 2. The second-order valence-corrected chi connectivity index (χ2v) is 8.60. The first-order chi connectivity index (χ1) is 14.0. The molecule has 2 amide bonds. The molecule has 4 rings (SSSR count). The number of likely N-dealkylation sites (tertiary alicyclic amines) is 1. The minimum Gasteiger partial charge on any atom is -0.331 e. The van der Waals surface area contributed by atoms with Crippen LogP contribution in [0.5, 0.6) is 0 Å². The summed E-state index contributed by atoms with van der Waals surface area (Å²) in [7, 11) is 3.50. The summed E-state index contributed by atoms with van der Waals surface area (Å²) in [4.78, 5) is 16.1. The number of hydrogen-bond acceptors (Lipinski definition) is 2. The van der Waals surface area contributed by atoms with Gasteiger partial charge in [0.1, 0.15) is 5.82 Å². The van der Waals surface area contributed by atoms with Crippen LogP contribution in [0.25, 0.3) is 0 Å². The van der Waals surface area contributed by atoms with E-state index in [1.54, 1.807) is 31.1 Å². The summed E-state index contributed by atoms with van der Waals surface area (Å²) < 4.78 is 13.2. The molecule has 1 saturated heterocycles. The highest BCUT2D eigenvalue weighted by atomic mass is 19.1. The van der Waals surface area contributed by atoms with Crippen molar-refractivity contribution in [3.05, 3.63) is 65.0 Å². The second kappa shape index (κ2) is 8.54. The van der Waals surface area contributed by atoms with Gasteiger partial charge in [-0.2, -0.15) is 0 Å². The first-order valence-corrected chi connectivity index (χ1v) is 10.6. The third-order valence-corrected chi connectivity index (χ3v) is 6.41. The average Bonchev–Trinajstić information content (AvgIpc) is 3.11. The summed E-state index contributed by atoms with van der Waals surface area (Å²) in [6.45, 7) is 3.25.